The fourth-order valence-corrected chi connectivity index (χ4v) is 4.43. The van der Waals surface area contributed by atoms with Crippen LogP contribution in [-0.2, 0) is 15.3 Å². The molecule has 34 heavy (non-hydrogen) atoms. The van der Waals surface area contributed by atoms with Gasteiger partial charge in [0.15, 0.2) is 0 Å². The van der Waals surface area contributed by atoms with E-state index in [0.717, 1.165) is 34.3 Å². The fourth-order valence-electron chi connectivity index (χ4n) is 3.45. The van der Waals surface area contributed by atoms with Crippen molar-refractivity contribution in [3.63, 3.8) is 0 Å². The molecule has 6 nitrogen and oxygen atoms in total. The Morgan fingerprint density at radius 3 is 2.12 bits per heavy atom. The van der Waals surface area contributed by atoms with Gasteiger partial charge >= 0.3 is 0 Å². The van der Waals surface area contributed by atoms with Crippen molar-refractivity contribution in [3.8, 4) is 0 Å². The van der Waals surface area contributed by atoms with Crippen LogP contribution in [0, 0.1) is 0 Å². The standard InChI is InChI=1S/C26H26ClN3O3S/c27-21-5-11-24(12-6-21)34-18-19-1-3-20(4-2-19)26(32)29-23-9-7-22(8-10-23)28-25(31)17-30-13-15-33-16-14-30/h1-12H,13-18H2,(H,28,31)(H,29,32). The van der Waals surface area contributed by atoms with Crippen LogP contribution >= 0.6 is 23.4 Å². The van der Waals surface area contributed by atoms with E-state index in [0.29, 0.717) is 36.7 Å². The highest BCUT2D eigenvalue weighted by Gasteiger charge is 2.14. The lowest BCUT2D eigenvalue weighted by molar-refractivity contribution is -0.118. The Balaban J connectivity index is 1.25. The molecule has 0 atom stereocenters. The van der Waals surface area contributed by atoms with Gasteiger partial charge in [-0.15, -0.1) is 11.8 Å². The van der Waals surface area contributed by atoms with Crippen LogP contribution in [0.5, 0.6) is 0 Å². The number of hydrogen-bond donors (Lipinski definition) is 2. The number of carbonyl (C=O) groups is 2. The van der Waals surface area contributed by atoms with Gasteiger partial charge < -0.3 is 15.4 Å². The van der Waals surface area contributed by atoms with Gasteiger partial charge in [-0.3, -0.25) is 14.5 Å². The number of carbonyl (C=O) groups excluding carboxylic acids is 2. The normalized spacial score (nSPS) is 13.9. The molecular formula is C26H26ClN3O3S. The molecule has 0 spiro atoms. The number of hydrogen-bond acceptors (Lipinski definition) is 5. The van der Waals surface area contributed by atoms with Crippen molar-refractivity contribution in [2.45, 2.75) is 10.6 Å². The Morgan fingerprint density at radius 1 is 0.853 bits per heavy atom. The first-order chi connectivity index (χ1) is 16.5. The maximum atomic E-state index is 12.6. The Kier molecular flexibility index (Phi) is 8.60. The Bertz CT molecular complexity index is 1100. The van der Waals surface area contributed by atoms with Crippen LogP contribution in [0.25, 0.3) is 0 Å². The summed E-state index contributed by atoms with van der Waals surface area (Å²) in [7, 11) is 0. The lowest BCUT2D eigenvalue weighted by Gasteiger charge is -2.25. The molecule has 4 rings (SSSR count). The number of nitrogens with zero attached hydrogens (tertiary/aromatic N) is 1. The molecular weight excluding hydrogens is 470 g/mol. The van der Waals surface area contributed by atoms with Crippen molar-refractivity contribution < 1.29 is 14.3 Å². The zero-order chi connectivity index (χ0) is 23.8. The second-order valence-corrected chi connectivity index (χ2v) is 9.39. The first-order valence-corrected chi connectivity index (χ1v) is 12.4. The van der Waals surface area contributed by atoms with E-state index in [9.17, 15) is 9.59 Å². The van der Waals surface area contributed by atoms with Gasteiger partial charge in [0.1, 0.15) is 0 Å². The second kappa shape index (κ2) is 12.0. The molecule has 1 heterocycles. The number of anilines is 2. The molecule has 1 aliphatic rings. The molecule has 0 aromatic heterocycles. The molecule has 2 amide bonds. The predicted molar refractivity (Wildman–Crippen MR) is 138 cm³/mol. The average Bonchev–Trinajstić information content (AvgIpc) is 2.86. The minimum absolute atomic E-state index is 0.0620. The molecule has 8 heteroatoms. The number of ether oxygens (including phenoxy) is 1. The van der Waals surface area contributed by atoms with E-state index in [1.807, 2.05) is 48.5 Å². The third-order valence-electron chi connectivity index (χ3n) is 5.33. The molecule has 0 aliphatic carbocycles. The van der Waals surface area contributed by atoms with E-state index >= 15 is 0 Å². The van der Waals surface area contributed by atoms with Crippen molar-refractivity contribution in [2.75, 3.05) is 43.5 Å². The number of morpholine rings is 1. The first kappa shape index (κ1) is 24.3. The van der Waals surface area contributed by atoms with Crippen molar-refractivity contribution >= 4 is 46.6 Å². The van der Waals surface area contributed by atoms with Crippen molar-refractivity contribution in [1.82, 2.24) is 4.90 Å². The highest BCUT2D eigenvalue weighted by molar-refractivity contribution is 7.98. The number of nitrogens with one attached hydrogen (secondary N) is 2. The van der Waals surface area contributed by atoms with Crippen LogP contribution in [0.1, 0.15) is 15.9 Å². The van der Waals surface area contributed by atoms with Gasteiger partial charge in [-0.05, 0) is 66.2 Å². The van der Waals surface area contributed by atoms with Crippen LogP contribution in [0.3, 0.4) is 0 Å². The lowest BCUT2D eigenvalue weighted by atomic mass is 10.1. The summed E-state index contributed by atoms with van der Waals surface area (Å²) in [6.45, 7) is 3.19. The largest absolute Gasteiger partial charge is 0.379 e. The van der Waals surface area contributed by atoms with Crippen LogP contribution in [-0.4, -0.2) is 49.6 Å². The van der Waals surface area contributed by atoms with Crippen LogP contribution < -0.4 is 10.6 Å². The van der Waals surface area contributed by atoms with Gasteiger partial charge in [-0.1, -0.05) is 23.7 Å². The summed E-state index contributed by atoms with van der Waals surface area (Å²) >= 11 is 7.64. The monoisotopic (exact) mass is 495 g/mol. The molecule has 1 saturated heterocycles. The SMILES string of the molecule is O=C(CN1CCOCC1)Nc1ccc(NC(=O)c2ccc(CSc3ccc(Cl)cc3)cc2)cc1. The molecule has 3 aromatic carbocycles. The quantitative estimate of drug-likeness (QED) is 0.423. The molecule has 3 aromatic rings. The van der Waals surface area contributed by atoms with E-state index in [1.54, 1.807) is 36.0 Å². The summed E-state index contributed by atoms with van der Waals surface area (Å²) in [5.41, 5.74) is 3.08. The van der Waals surface area contributed by atoms with E-state index in [4.69, 9.17) is 16.3 Å². The van der Waals surface area contributed by atoms with Gasteiger partial charge in [0.25, 0.3) is 5.91 Å². The Morgan fingerprint density at radius 2 is 1.47 bits per heavy atom. The van der Waals surface area contributed by atoms with E-state index in [2.05, 4.69) is 15.5 Å². The van der Waals surface area contributed by atoms with Crippen molar-refractivity contribution in [1.29, 1.82) is 0 Å². The van der Waals surface area contributed by atoms with Gasteiger partial charge in [0.2, 0.25) is 5.91 Å². The summed E-state index contributed by atoms with van der Waals surface area (Å²) in [6, 6.07) is 22.4. The molecule has 1 aliphatic heterocycles. The molecule has 0 unspecified atom stereocenters. The number of benzene rings is 3. The van der Waals surface area contributed by atoms with E-state index in [-0.39, 0.29) is 11.8 Å². The Labute approximate surface area is 208 Å². The summed E-state index contributed by atoms with van der Waals surface area (Å²) in [6.07, 6.45) is 0. The lowest BCUT2D eigenvalue weighted by Crippen LogP contribution is -2.41. The van der Waals surface area contributed by atoms with Crippen LogP contribution in [0.4, 0.5) is 11.4 Å². The number of rotatable bonds is 8. The molecule has 0 bridgehead atoms. The maximum Gasteiger partial charge on any atom is 0.255 e. The molecule has 2 N–H and O–H groups in total. The zero-order valence-corrected chi connectivity index (χ0v) is 20.2. The smallest absolute Gasteiger partial charge is 0.255 e. The average molecular weight is 496 g/mol. The molecule has 0 radical (unpaired) electrons. The van der Waals surface area contributed by atoms with Crippen molar-refractivity contribution in [2.24, 2.45) is 0 Å². The summed E-state index contributed by atoms with van der Waals surface area (Å²) in [5.74, 6) is 0.566. The minimum atomic E-state index is -0.180. The third kappa shape index (κ3) is 7.33. The van der Waals surface area contributed by atoms with Crippen LogP contribution in [0.15, 0.2) is 77.7 Å². The number of halogens is 1. The summed E-state index contributed by atoms with van der Waals surface area (Å²) in [5, 5.41) is 6.51. The molecule has 0 saturated carbocycles. The van der Waals surface area contributed by atoms with Crippen LogP contribution in [0.2, 0.25) is 5.02 Å². The van der Waals surface area contributed by atoms with Gasteiger partial charge in [-0.25, -0.2) is 0 Å². The van der Waals surface area contributed by atoms with Gasteiger partial charge in [0.05, 0.1) is 19.8 Å². The van der Waals surface area contributed by atoms with E-state index < -0.39 is 0 Å². The first-order valence-electron chi connectivity index (χ1n) is 11.0. The minimum Gasteiger partial charge on any atom is -0.379 e. The topological polar surface area (TPSA) is 70.7 Å². The molecule has 1 fully saturated rings. The predicted octanol–water partition coefficient (Wildman–Crippen LogP) is 5.16. The highest BCUT2D eigenvalue weighted by Crippen LogP contribution is 2.24. The zero-order valence-electron chi connectivity index (χ0n) is 18.6. The summed E-state index contributed by atoms with van der Waals surface area (Å²) < 4.78 is 5.30. The maximum absolute atomic E-state index is 12.6. The van der Waals surface area contributed by atoms with E-state index in [1.165, 1.54) is 0 Å². The third-order valence-corrected chi connectivity index (χ3v) is 6.67. The van der Waals surface area contributed by atoms with Gasteiger partial charge in [0, 0.05) is 45.7 Å². The Hall–Kier alpha value is -2.84. The summed E-state index contributed by atoms with van der Waals surface area (Å²) in [4.78, 5) is 28.0. The molecule has 176 valence electrons. The van der Waals surface area contributed by atoms with Crippen molar-refractivity contribution in [3.05, 3.63) is 88.9 Å². The highest BCUT2D eigenvalue weighted by atomic mass is 35.5. The number of thioether (sulfide) groups is 1. The second-order valence-electron chi connectivity index (χ2n) is 7.91. The van der Waals surface area contributed by atoms with Gasteiger partial charge in [-0.2, -0.15) is 0 Å². The fraction of sp³-hybridized carbons (Fsp3) is 0.231. The number of amides is 2.